The number of hydrogen-bond donors (Lipinski definition) is 1. The van der Waals surface area contributed by atoms with Gasteiger partial charge in [0.2, 0.25) is 0 Å². The van der Waals surface area contributed by atoms with Crippen LogP contribution >= 0.6 is 0 Å². The van der Waals surface area contributed by atoms with E-state index in [4.69, 9.17) is 9.31 Å². The van der Waals surface area contributed by atoms with Crippen molar-refractivity contribution in [2.45, 2.75) is 63.8 Å². The topological polar surface area (TPSA) is 38.7 Å². The maximum absolute atomic E-state index is 14.4. The molecular weight excluding hydrogens is 289 g/mol. The Morgan fingerprint density at radius 1 is 1.00 bits per heavy atom. The third kappa shape index (κ3) is 2.28. The summed E-state index contributed by atoms with van der Waals surface area (Å²) in [5.74, 6) is -1.48. The molecule has 1 saturated heterocycles. The Hall–Kier alpha value is -0.975. The van der Waals surface area contributed by atoms with Crippen LogP contribution in [0.2, 0.25) is 0 Å². The second-order valence-electron chi connectivity index (χ2n) is 7.33. The van der Waals surface area contributed by atoms with Gasteiger partial charge in [-0.1, -0.05) is 0 Å². The van der Waals surface area contributed by atoms with E-state index < -0.39 is 35.6 Å². The predicted octanol–water partition coefficient (Wildman–Crippen LogP) is 2.64. The van der Waals surface area contributed by atoms with Crippen LogP contribution in [-0.2, 0) is 14.9 Å². The monoisotopic (exact) mass is 310 g/mol. The van der Waals surface area contributed by atoms with Crippen molar-refractivity contribution in [3.8, 4) is 0 Å². The van der Waals surface area contributed by atoms with Gasteiger partial charge in [-0.15, -0.1) is 0 Å². The lowest BCUT2D eigenvalue weighted by Crippen LogP contribution is -2.41. The maximum Gasteiger partial charge on any atom is 0.500 e. The van der Waals surface area contributed by atoms with E-state index >= 15 is 0 Å². The van der Waals surface area contributed by atoms with Crippen molar-refractivity contribution in [3.63, 3.8) is 0 Å². The van der Waals surface area contributed by atoms with Gasteiger partial charge in [0.25, 0.3) is 0 Å². The normalized spacial score (nSPS) is 25.1. The molecule has 1 aliphatic carbocycles. The first-order valence-electron chi connectivity index (χ1n) is 7.63. The quantitative estimate of drug-likeness (QED) is 0.854. The molecule has 1 heterocycles. The summed E-state index contributed by atoms with van der Waals surface area (Å²) in [5, 5.41) is 10.3. The molecule has 0 unspecified atom stereocenters. The second kappa shape index (κ2) is 4.76. The average Bonchev–Trinajstić information content (AvgIpc) is 2.54. The minimum atomic E-state index is -1.10. The highest BCUT2D eigenvalue weighted by molar-refractivity contribution is 6.62. The molecule has 0 aromatic heterocycles. The summed E-state index contributed by atoms with van der Waals surface area (Å²) in [6.45, 7) is 7.31. The zero-order chi connectivity index (χ0) is 16.3. The molecule has 0 amide bonds. The molecule has 0 spiro atoms. The van der Waals surface area contributed by atoms with Crippen LogP contribution in [0.1, 0.15) is 52.5 Å². The van der Waals surface area contributed by atoms with Crippen LogP contribution in [0.3, 0.4) is 0 Å². The number of hydrogen-bond acceptors (Lipinski definition) is 3. The van der Waals surface area contributed by atoms with Gasteiger partial charge >= 0.3 is 7.12 Å². The zero-order valence-electron chi connectivity index (χ0n) is 13.4. The Kier molecular flexibility index (Phi) is 3.44. The van der Waals surface area contributed by atoms with Crippen molar-refractivity contribution < 1.29 is 23.2 Å². The third-order valence-electron chi connectivity index (χ3n) is 5.29. The Morgan fingerprint density at radius 2 is 1.45 bits per heavy atom. The minimum absolute atomic E-state index is 0.231. The molecule has 22 heavy (non-hydrogen) atoms. The summed E-state index contributed by atoms with van der Waals surface area (Å²) < 4.78 is 40.3. The first-order valence-corrected chi connectivity index (χ1v) is 7.63. The van der Waals surface area contributed by atoms with Gasteiger partial charge in [-0.25, -0.2) is 8.78 Å². The van der Waals surface area contributed by atoms with E-state index in [9.17, 15) is 13.9 Å². The van der Waals surface area contributed by atoms with E-state index in [1.165, 1.54) is 12.1 Å². The second-order valence-corrected chi connectivity index (χ2v) is 7.33. The maximum atomic E-state index is 14.4. The highest BCUT2D eigenvalue weighted by Crippen LogP contribution is 2.42. The van der Waals surface area contributed by atoms with Gasteiger partial charge in [0.15, 0.2) is 0 Å². The summed E-state index contributed by atoms with van der Waals surface area (Å²) in [5.41, 5.74) is -2.38. The summed E-state index contributed by atoms with van der Waals surface area (Å²) in [7, 11) is -1.09. The lowest BCUT2D eigenvalue weighted by Gasteiger charge is -2.37. The van der Waals surface area contributed by atoms with Crippen molar-refractivity contribution in [1.82, 2.24) is 0 Å². The average molecular weight is 310 g/mol. The van der Waals surface area contributed by atoms with Crippen LogP contribution in [0.5, 0.6) is 0 Å². The summed E-state index contributed by atoms with van der Waals surface area (Å²) >= 11 is 0. The molecule has 3 nitrogen and oxygen atoms in total. The molecular formula is C16H21BF2O3. The molecule has 1 aromatic carbocycles. The highest BCUT2D eigenvalue weighted by atomic mass is 19.1. The molecule has 0 bridgehead atoms. The Bertz CT molecular complexity index is 572. The molecule has 3 rings (SSSR count). The van der Waals surface area contributed by atoms with E-state index in [1.54, 1.807) is 0 Å². The Labute approximate surface area is 129 Å². The molecule has 6 heteroatoms. The van der Waals surface area contributed by atoms with Gasteiger partial charge in [-0.2, -0.15) is 0 Å². The molecule has 0 atom stereocenters. The first kappa shape index (κ1) is 15.9. The molecule has 120 valence electrons. The molecule has 1 aliphatic heterocycles. The van der Waals surface area contributed by atoms with E-state index in [1.807, 2.05) is 27.7 Å². The SMILES string of the molecule is CC1(C)OB(c2c(F)cc(C3(O)CCC3)cc2F)OC1(C)C. The van der Waals surface area contributed by atoms with Crippen LogP contribution in [0, 0.1) is 11.6 Å². The molecule has 1 N–H and O–H groups in total. The summed E-state index contributed by atoms with van der Waals surface area (Å²) in [4.78, 5) is 0. The molecule has 1 saturated carbocycles. The lowest BCUT2D eigenvalue weighted by molar-refractivity contribution is -0.0392. The van der Waals surface area contributed by atoms with E-state index in [-0.39, 0.29) is 11.0 Å². The molecule has 2 aliphatic rings. The third-order valence-corrected chi connectivity index (χ3v) is 5.29. The predicted molar refractivity (Wildman–Crippen MR) is 79.8 cm³/mol. The smallest absolute Gasteiger partial charge is 0.399 e. The lowest BCUT2D eigenvalue weighted by atomic mass is 9.72. The largest absolute Gasteiger partial charge is 0.500 e. The van der Waals surface area contributed by atoms with Crippen LogP contribution in [0.25, 0.3) is 0 Å². The fourth-order valence-corrected chi connectivity index (χ4v) is 2.84. The van der Waals surface area contributed by atoms with Gasteiger partial charge < -0.3 is 14.4 Å². The molecule has 1 aromatic rings. The van der Waals surface area contributed by atoms with Crippen molar-refractivity contribution in [1.29, 1.82) is 0 Å². The van der Waals surface area contributed by atoms with Crippen molar-refractivity contribution in [3.05, 3.63) is 29.3 Å². The summed E-state index contributed by atoms with van der Waals surface area (Å²) in [6, 6.07) is 2.39. The van der Waals surface area contributed by atoms with E-state index in [0.717, 1.165) is 6.42 Å². The molecule has 2 fully saturated rings. The van der Waals surface area contributed by atoms with Crippen LogP contribution in [0.4, 0.5) is 8.78 Å². The fourth-order valence-electron chi connectivity index (χ4n) is 2.84. The fraction of sp³-hybridized carbons (Fsp3) is 0.625. The van der Waals surface area contributed by atoms with Gasteiger partial charge in [0.05, 0.1) is 22.3 Å². The van der Waals surface area contributed by atoms with E-state index in [0.29, 0.717) is 12.8 Å². The Morgan fingerprint density at radius 3 is 1.82 bits per heavy atom. The molecule has 0 radical (unpaired) electrons. The van der Waals surface area contributed by atoms with Crippen molar-refractivity contribution >= 4 is 12.6 Å². The Balaban J connectivity index is 1.96. The standard InChI is InChI=1S/C16H21BF2O3/c1-14(2)15(3,4)22-17(21-14)13-11(18)8-10(9-12(13)19)16(20)6-5-7-16/h8-9,20H,5-7H2,1-4H3. The van der Waals surface area contributed by atoms with Crippen LogP contribution < -0.4 is 5.46 Å². The van der Waals surface area contributed by atoms with Crippen molar-refractivity contribution in [2.75, 3.05) is 0 Å². The van der Waals surface area contributed by atoms with Crippen LogP contribution in [0.15, 0.2) is 12.1 Å². The number of halogens is 2. The minimum Gasteiger partial charge on any atom is -0.399 e. The zero-order valence-corrected chi connectivity index (χ0v) is 13.4. The van der Waals surface area contributed by atoms with E-state index in [2.05, 4.69) is 0 Å². The van der Waals surface area contributed by atoms with Gasteiger partial charge in [-0.3, -0.25) is 0 Å². The number of aliphatic hydroxyl groups is 1. The van der Waals surface area contributed by atoms with Gasteiger partial charge in [0.1, 0.15) is 11.6 Å². The van der Waals surface area contributed by atoms with Crippen LogP contribution in [-0.4, -0.2) is 23.4 Å². The van der Waals surface area contributed by atoms with Crippen molar-refractivity contribution in [2.24, 2.45) is 0 Å². The van der Waals surface area contributed by atoms with Gasteiger partial charge in [0, 0.05) is 0 Å². The highest BCUT2D eigenvalue weighted by Gasteiger charge is 2.53. The number of benzene rings is 1. The number of rotatable bonds is 2. The summed E-state index contributed by atoms with van der Waals surface area (Å²) in [6.07, 6.45) is 1.92. The first-order chi connectivity index (χ1) is 10.1. The van der Waals surface area contributed by atoms with Gasteiger partial charge in [-0.05, 0) is 64.7 Å².